The Labute approximate surface area is 75.8 Å². The summed E-state index contributed by atoms with van der Waals surface area (Å²) in [7, 11) is 1.67. The van der Waals surface area contributed by atoms with Crippen LogP contribution in [0, 0.1) is 5.82 Å². The van der Waals surface area contributed by atoms with Crippen molar-refractivity contribution in [3.05, 3.63) is 29.6 Å². The lowest BCUT2D eigenvalue weighted by atomic mass is 10.1. The number of likely N-dealkylation sites (N-methyl/N-ethyl adjacent to an activating group) is 1. The van der Waals surface area contributed by atoms with Gasteiger partial charge in [-0.2, -0.15) is 0 Å². The topological polar surface area (TPSA) is 52.5 Å². The summed E-state index contributed by atoms with van der Waals surface area (Å²) < 4.78 is 12.8. The number of aromatic hydroxyl groups is 1. The Morgan fingerprint density at radius 3 is 2.85 bits per heavy atom. The van der Waals surface area contributed by atoms with Crippen molar-refractivity contribution < 1.29 is 14.6 Å². The van der Waals surface area contributed by atoms with E-state index in [1.807, 2.05) is 0 Å². The first-order chi connectivity index (χ1) is 6.16. The molecule has 13 heavy (non-hydrogen) atoms. The van der Waals surface area contributed by atoms with Gasteiger partial charge in [0.2, 0.25) is 0 Å². The Kier molecular flexibility index (Phi) is 3.22. The maximum Gasteiger partial charge on any atom is 0.165 e. The molecule has 0 radical (unpaired) electrons. The van der Waals surface area contributed by atoms with E-state index in [9.17, 15) is 14.6 Å². The molecule has 3 nitrogen and oxygen atoms in total. The first kappa shape index (κ1) is 9.95. The average molecular weight is 185 g/mol. The molecule has 0 bridgehead atoms. The van der Waals surface area contributed by atoms with Crippen LogP contribution in [0.5, 0.6) is 5.75 Å². The minimum Gasteiger partial charge on any atom is -0.505 e. The van der Waals surface area contributed by atoms with E-state index in [1.54, 1.807) is 7.05 Å². The lowest BCUT2D eigenvalue weighted by Gasteiger charge is -2.11. The summed E-state index contributed by atoms with van der Waals surface area (Å²) in [5, 5.41) is 21.4. The first-order valence-corrected chi connectivity index (χ1v) is 3.97. The van der Waals surface area contributed by atoms with Crippen LogP contribution in [-0.4, -0.2) is 23.8 Å². The van der Waals surface area contributed by atoms with E-state index < -0.39 is 17.7 Å². The Morgan fingerprint density at radius 2 is 2.23 bits per heavy atom. The average Bonchev–Trinajstić information content (AvgIpc) is 2.10. The third-order valence-electron chi connectivity index (χ3n) is 1.77. The van der Waals surface area contributed by atoms with E-state index >= 15 is 0 Å². The van der Waals surface area contributed by atoms with Crippen LogP contribution >= 0.6 is 0 Å². The summed E-state index contributed by atoms with van der Waals surface area (Å²) in [6.07, 6.45) is -0.888. The molecule has 0 aromatic heterocycles. The molecule has 0 fully saturated rings. The second-order valence-electron chi connectivity index (χ2n) is 2.75. The monoisotopic (exact) mass is 185 g/mol. The van der Waals surface area contributed by atoms with Crippen LogP contribution in [-0.2, 0) is 0 Å². The van der Waals surface area contributed by atoms with Crippen molar-refractivity contribution in [3.63, 3.8) is 0 Å². The van der Waals surface area contributed by atoms with Gasteiger partial charge < -0.3 is 15.5 Å². The molecule has 0 amide bonds. The third kappa shape index (κ3) is 2.17. The molecule has 1 aromatic carbocycles. The molecule has 0 aliphatic heterocycles. The van der Waals surface area contributed by atoms with Crippen LogP contribution < -0.4 is 5.32 Å². The van der Waals surface area contributed by atoms with Crippen LogP contribution in [0.3, 0.4) is 0 Å². The molecule has 1 aromatic rings. The lowest BCUT2D eigenvalue weighted by molar-refractivity contribution is 0.173. The number of aliphatic hydroxyl groups excluding tert-OH is 1. The van der Waals surface area contributed by atoms with Gasteiger partial charge in [0.15, 0.2) is 11.6 Å². The van der Waals surface area contributed by atoms with Crippen LogP contribution in [0.1, 0.15) is 11.7 Å². The molecule has 3 N–H and O–H groups in total. The Bertz CT molecular complexity index is 291. The van der Waals surface area contributed by atoms with E-state index in [0.29, 0.717) is 0 Å². The number of rotatable bonds is 3. The maximum absolute atomic E-state index is 12.8. The normalized spacial score (nSPS) is 12.8. The predicted molar refractivity (Wildman–Crippen MR) is 47.0 cm³/mol. The van der Waals surface area contributed by atoms with E-state index in [1.165, 1.54) is 12.1 Å². The van der Waals surface area contributed by atoms with Crippen molar-refractivity contribution >= 4 is 0 Å². The number of hydrogen-bond acceptors (Lipinski definition) is 3. The molecule has 0 aliphatic carbocycles. The summed E-state index contributed by atoms with van der Waals surface area (Å²) in [6, 6.07) is 4.08. The number of hydrogen-bond donors (Lipinski definition) is 3. The Morgan fingerprint density at radius 1 is 1.54 bits per heavy atom. The van der Waals surface area contributed by atoms with E-state index in [4.69, 9.17) is 0 Å². The second-order valence-corrected chi connectivity index (χ2v) is 2.75. The molecular formula is C9H12FNO2. The van der Waals surface area contributed by atoms with Crippen molar-refractivity contribution in [2.24, 2.45) is 0 Å². The zero-order valence-corrected chi connectivity index (χ0v) is 7.29. The molecule has 0 heterocycles. The molecule has 1 unspecified atom stereocenters. The highest BCUT2D eigenvalue weighted by atomic mass is 19.1. The lowest BCUT2D eigenvalue weighted by Crippen LogP contribution is -2.16. The second kappa shape index (κ2) is 4.20. The van der Waals surface area contributed by atoms with Gasteiger partial charge in [-0.1, -0.05) is 12.1 Å². The van der Waals surface area contributed by atoms with Crippen LogP contribution in [0.15, 0.2) is 18.2 Å². The van der Waals surface area contributed by atoms with Crippen LogP contribution in [0.4, 0.5) is 4.39 Å². The van der Waals surface area contributed by atoms with Gasteiger partial charge in [-0.05, 0) is 13.1 Å². The molecular weight excluding hydrogens is 173 g/mol. The summed E-state index contributed by atoms with van der Waals surface area (Å²) in [4.78, 5) is 0. The molecule has 0 saturated heterocycles. The highest BCUT2D eigenvalue weighted by molar-refractivity contribution is 5.35. The highest BCUT2D eigenvalue weighted by Crippen LogP contribution is 2.26. The first-order valence-electron chi connectivity index (χ1n) is 3.97. The molecule has 4 heteroatoms. The van der Waals surface area contributed by atoms with Gasteiger partial charge in [0, 0.05) is 12.1 Å². The molecule has 0 spiro atoms. The number of phenols is 1. The number of para-hydroxylation sites is 1. The highest BCUT2D eigenvalue weighted by Gasteiger charge is 2.13. The summed E-state index contributed by atoms with van der Waals surface area (Å²) in [6.45, 7) is 0.275. The largest absolute Gasteiger partial charge is 0.505 e. The summed E-state index contributed by atoms with van der Waals surface area (Å²) in [5.74, 6) is -1.20. The number of nitrogens with one attached hydrogen (secondary N) is 1. The third-order valence-corrected chi connectivity index (χ3v) is 1.77. The fourth-order valence-electron chi connectivity index (χ4n) is 1.10. The van der Waals surface area contributed by atoms with Gasteiger partial charge in [0.1, 0.15) is 0 Å². The smallest absolute Gasteiger partial charge is 0.165 e. The van der Waals surface area contributed by atoms with Gasteiger partial charge >= 0.3 is 0 Å². The standard InChI is InChI=1S/C9H12FNO2/c1-11-5-8(12)6-3-2-4-7(10)9(6)13/h2-4,8,11-13H,5H2,1H3. The maximum atomic E-state index is 12.8. The fourth-order valence-corrected chi connectivity index (χ4v) is 1.10. The van der Waals surface area contributed by atoms with Gasteiger partial charge in [-0.3, -0.25) is 0 Å². The fraction of sp³-hybridized carbons (Fsp3) is 0.333. The number of benzene rings is 1. The quantitative estimate of drug-likeness (QED) is 0.652. The molecule has 1 rings (SSSR count). The predicted octanol–water partition coefficient (Wildman–Crippen LogP) is 0.784. The molecule has 72 valence electrons. The van der Waals surface area contributed by atoms with Crippen molar-refractivity contribution in [1.82, 2.24) is 5.32 Å². The summed E-state index contributed by atoms with van der Waals surface area (Å²) >= 11 is 0. The van der Waals surface area contributed by atoms with Crippen molar-refractivity contribution in [2.45, 2.75) is 6.10 Å². The minimum absolute atomic E-state index is 0.203. The van der Waals surface area contributed by atoms with E-state index in [0.717, 1.165) is 6.07 Å². The van der Waals surface area contributed by atoms with Gasteiger partial charge in [-0.15, -0.1) is 0 Å². The van der Waals surface area contributed by atoms with Gasteiger partial charge in [0.25, 0.3) is 0 Å². The SMILES string of the molecule is CNCC(O)c1cccc(F)c1O. The zero-order chi connectivity index (χ0) is 9.84. The molecule has 1 atom stereocenters. The van der Waals surface area contributed by atoms with E-state index in [-0.39, 0.29) is 12.1 Å². The van der Waals surface area contributed by atoms with E-state index in [2.05, 4.69) is 5.32 Å². The Balaban J connectivity index is 2.93. The Hall–Kier alpha value is -1.13. The van der Waals surface area contributed by atoms with Crippen LogP contribution in [0.2, 0.25) is 0 Å². The number of halogens is 1. The van der Waals surface area contributed by atoms with Gasteiger partial charge in [0.05, 0.1) is 6.10 Å². The minimum atomic E-state index is -0.888. The van der Waals surface area contributed by atoms with Crippen molar-refractivity contribution in [3.8, 4) is 5.75 Å². The zero-order valence-electron chi connectivity index (χ0n) is 7.29. The van der Waals surface area contributed by atoms with Crippen molar-refractivity contribution in [2.75, 3.05) is 13.6 Å². The molecule has 0 saturated carbocycles. The van der Waals surface area contributed by atoms with Crippen LogP contribution in [0.25, 0.3) is 0 Å². The number of aliphatic hydroxyl groups is 1. The molecule has 0 aliphatic rings. The summed E-state index contributed by atoms with van der Waals surface area (Å²) in [5.41, 5.74) is 0.203. The number of phenolic OH excluding ortho intramolecular Hbond substituents is 1. The van der Waals surface area contributed by atoms with Gasteiger partial charge in [-0.25, -0.2) is 4.39 Å². The van der Waals surface area contributed by atoms with Crippen molar-refractivity contribution in [1.29, 1.82) is 0 Å².